The number of benzene rings is 2. The zero-order chi connectivity index (χ0) is 41.6. The van der Waals surface area contributed by atoms with E-state index in [4.69, 9.17) is 25.6 Å². The minimum absolute atomic E-state index is 0.0752. The normalized spacial score (nSPS) is 23.6. The lowest BCUT2D eigenvalue weighted by Crippen LogP contribution is -2.56. The van der Waals surface area contributed by atoms with Crippen molar-refractivity contribution in [1.82, 2.24) is 24.8 Å². The molecule has 2 aromatic heterocycles. The van der Waals surface area contributed by atoms with E-state index in [1.54, 1.807) is 4.90 Å². The third-order valence-corrected chi connectivity index (χ3v) is 12.6. The molecule has 312 valence electrons. The minimum atomic E-state index is -1.07. The number of pyridine rings is 1. The van der Waals surface area contributed by atoms with Gasteiger partial charge in [-0.2, -0.15) is 9.97 Å². The number of aromatic hydroxyl groups is 1. The van der Waals surface area contributed by atoms with Crippen LogP contribution in [0.3, 0.4) is 0 Å². The van der Waals surface area contributed by atoms with Crippen molar-refractivity contribution in [3.05, 3.63) is 47.7 Å². The lowest BCUT2D eigenvalue weighted by molar-refractivity contribution is -0.171. The second kappa shape index (κ2) is 16.4. The SMILES string of the molecule is C#Cc1c(F)ccc2cc(O)cc(-c3ncc4c(N5CC6CCC(C5)N6C(=O)OC(C)OC(=O)C(CC)CCCC)nc(OC[C@@]56CCCN5C[C@H](F)C6)nc4c3F)c12. The van der Waals surface area contributed by atoms with Gasteiger partial charge in [-0.25, -0.2) is 18.0 Å². The van der Waals surface area contributed by atoms with Crippen LogP contribution >= 0.6 is 0 Å². The van der Waals surface area contributed by atoms with E-state index in [-0.39, 0.29) is 75.4 Å². The highest BCUT2D eigenvalue weighted by atomic mass is 19.1. The van der Waals surface area contributed by atoms with E-state index in [1.165, 1.54) is 37.4 Å². The van der Waals surface area contributed by atoms with Crippen molar-refractivity contribution >= 4 is 39.6 Å². The number of fused-ring (bicyclic) bond motifs is 5. The van der Waals surface area contributed by atoms with Crippen LogP contribution < -0.4 is 9.64 Å². The maximum Gasteiger partial charge on any atom is 0.413 e. The molecule has 0 saturated carbocycles. The van der Waals surface area contributed by atoms with Crippen LogP contribution in [0.1, 0.15) is 84.1 Å². The van der Waals surface area contributed by atoms with Gasteiger partial charge in [0, 0.05) is 50.1 Å². The Hall–Kier alpha value is -5.36. The van der Waals surface area contributed by atoms with Gasteiger partial charge in [0.05, 0.1) is 34.5 Å². The summed E-state index contributed by atoms with van der Waals surface area (Å²) in [5.74, 6) is 0.296. The highest BCUT2D eigenvalue weighted by Gasteiger charge is 2.50. The highest BCUT2D eigenvalue weighted by molar-refractivity contribution is 6.03. The Morgan fingerprint density at radius 1 is 1.10 bits per heavy atom. The number of aromatic nitrogens is 3. The molecule has 8 rings (SSSR count). The monoisotopic (exact) mass is 814 g/mol. The molecule has 59 heavy (non-hydrogen) atoms. The Labute approximate surface area is 341 Å². The van der Waals surface area contributed by atoms with Gasteiger partial charge in [-0.1, -0.05) is 38.7 Å². The van der Waals surface area contributed by atoms with Crippen molar-refractivity contribution in [3.8, 4) is 35.4 Å². The topological polar surface area (TPSA) is 130 Å². The third-order valence-electron chi connectivity index (χ3n) is 12.6. The molecule has 4 aliphatic heterocycles. The van der Waals surface area contributed by atoms with Gasteiger partial charge in [0.25, 0.3) is 0 Å². The number of hydrogen-bond donors (Lipinski definition) is 1. The van der Waals surface area contributed by atoms with Crippen molar-refractivity contribution in [1.29, 1.82) is 0 Å². The number of nitrogens with zero attached hydrogens (tertiary/aromatic N) is 6. The molecule has 4 aliphatic rings. The fraction of sp³-hybridized carbons (Fsp3) is 0.523. The molecular weight excluding hydrogens is 766 g/mol. The number of anilines is 1. The molecule has 12 nitrogen and oxygen atoms in total. The summed E-state index contributed by atoms with van der Waals surface area (Å²) < 4.78 is 64.3. The number of hydrogen-bond acceptors (Lipinski definition) is 11. The average molecular weight is 815 g/mol. The zero-order valence-corrected chi connectivity index (χ0v) is 33.6. The first-order valence-electron chi connectivity index (χ1n) is 20.7. The van der Waals surface area contributed by atoms with Crippen LogP contribution in [0.5, 0.6) is 11.8 Å². The van der Waals surface area contributed by atoms with E-state index >= 15 is 8.78 Å². The zero-order valence-electron chi connectivity index (χ0n) is 33.6. The maximum atomic E-state index is 17.1. The van der Waals surface area contributed by atoms with Crippen molar-refractivity contribution < 1.29 is 42.1 Å². The molecule has 2 aromatic carbocycles. The Kier molecular flexibility index (Phi) is 11.2. The van der Waals surface area contributed by atoms with Gasteiger partial charge in [-0.3, -0.25) is 19.6 Å². The molecule has 4 aromatic rings. The third kappa shape index (κ3) is 7.56. The van der Waals surface area contributed by atoms with Gasteiger partial charge in [-0.15, -0.1) is 6.42 Å². The van der Waals surface area contributed by atoms with Crippen LogP contribution in [0.4, 0.5) is 23.8 Å². The minimum Gasteiger partial charge on any atom is -0.508 e. The summed E-state index contributed by atoms with van der Waals surface area (Å²) >= 11 is 0. The summed E-state index contributed by atoms with van der Waals surface area (Å²) in [6, 6.07) is 4.62. The van der Waals surface area contributed by atoms with E-state index in [9.17, 15) is 19.1 Å². The number of terminal acetylenes is 1. The van der Waals surface area contributed by atoms with Gasteiger partial charge >= 0.3 is 18.1 Å². The molecule has 4 unspecified atom stereocenters. The number of piperazine rings is 1. The largest absolute Gasteiger partial charge is 0.508 e. The summed E-state index contributed by atoms with van der Waals surface area (Å²) in [5.41, 5.74) is -0.905. The molecule has 1 N–H and O–H groups in total. The van der Waals surface area contributed by atoms with Crippen molar-refractivity contribution in [3.63, 3.8) is 0 Å². The van der Waals surface area contributed by atoms with Crippen LogP contribution in [-0.2, 0) is 14.3 Å². The first kappa shape index (κ1) is 40.4. The molecule has 0 spiro atoms. The Bertz CT molecular complexity index is 2310. The maximum absolute atomic E-state index is 17.1. The van der Waals surface area contributed by atoms with Crippen molar-refractivity contribution in [2.24, 2.45) is 5.92 Å². The first-order chi connectivity index (χ1) is 28.4. The number of esters is 1. The standard InChI is InChI=1S/C44H49F3N6O6/c1-5-8-10-26(6-2)41(55)58-25(4)59-43(56)53-29-12-13-30(53)23-51(22-29)40-34-20-48-38(33-18-31(54)17-27-11-14-35(46)32(7-3)36(27)33)37(47)39(34)49-42(50-40)57-24-44-15-9-16-52(44)21-28(45)19-44/h3,11,14,17-18,20,25-26,28-30,54H,5-6,8-10,12-13,15-16,19,21-24H2,1-2,4H3/t25?,26?,28-,29?,30?,44+/m1/s1. The molecule has 6 heterocycles. The van der Waals surface area contributed by atoms with Crippen LogP contribution in [0.25, 0.3) is 32.9 Å². The molecule has 4 saturated heterocycles. The molecule has 6 atom stereocenters. The van der Waals surface area contributed by atoms with Gasteiger partial charge in [-0.05, 0) is 68.7 Å². The van der Waals surface area contributed by atoms with Crippen molar-refractivity contribution in [2.75, 3.05) is 37.7 Å². The number of phenolic OH excluding ortho intramolecular Hbond substituents is 1. The van der Waals surface area contributed by atoms with E-state index in [0.29, 0.717) is 62.9 Å². The Morgan fingerprint density at radius 3 is 2.61 bits per heavy atom. The second-order valence-corrected chi connectivity index (χ2v) is 16.4. The summed E-state index contributed by atoms with van der Waals surface area (Å²) in [5, 5.41) is 11.5. The fourth-order valence-corrected chi connectivity index (χ4v) is 9.72. The molecule has 1 amide bonds. The first-order valence-corrected chi connectivity index (χ1v) is 20.7. The van der Waals surface area contributed by atoms with Gasteiger partial charge < -0.3 is 24.2 Å². The number of carbonyl (C=O) groups excluding carboxylic acids is 2. The number of halogens is 3. The predicted molar refractivity (Wildman–Crippen MR) is 215 cm³/mol. The van der Waals surface area contributed by atoms with Crippen LogP contribution in [0.15, 0.2) is 30.5 Å². The molecule has 0 aliphatic carbocycles. The van der Waals surface area contributed by atoms with Gasteiger partial charge in [0.15, 0.2) is 5.82 Å². The number of alkyl halides is 1. The van der Waals surface area contributed by atoms with E-state index in [2.05, 4.69) is 27.7 Å². The molecular formula is C44H49F3N6O6. The smallest absolute Gasteiger partial charge is 0.413 e. The lowest BCUT2D eigenvalue weighted by Gasteiger charge is -2.41. The number of phenols is 1. The van der Waals surface area contributed by atoms with Crippen LogP contribution in [-0.4, -0.2) is 105 Å². The average Bonchev–Trinajstić information content (AvgIpc) is 3.83. The quantitative estimate of drug-likeness (QED) is 0.0860. The summed E-state index contributed by atoms with van der Waals surface area (Å²) in [7, 11) is 0. The number of ether oxygens (including phenoxy) is 3. The lowest BCUT2D eigenvalue weighted by atomic mass is 9.95. The predicted octanol–water partition coefficient (Wildman–Crippen LogP) is 7.66. The molecule has 4 fully saturated rings. The van der Waals surface area contributed by atoms with Gasteiger partial charge in [0.2, 0.25) is 6.29 Å². The highest BCUT2D eigenvalue weighted by Crippen LogP contribution is 2.43. The van der Waals surface area contributed by atoms with Crippen molar-refractivity contribution in [2.45, 2.75) is 109 Å². The van der Waals surface area contributed by atoms with E-state index < -0.39 is 35.7 Å². The number of amides is 1. The number of unbranched alkanes of at least 4 members (excludes halogenated alkanes) is 1. The Morgan fingerprint density at radius 2 is 1.88 bits per heavy atom. The fourth-order valence-electron chi connectivity index (χ4n) is 9.72. The van der Waals surface area contributed by atoms with Gasteiger partial charge in [0.1, 0.15) is 41.4 Å². The van der Waals surface area contributed by atoms with Crippen LogP contribution in [0.2, 0.25) is 0 Å². The second-order valence-electron chi connectivity index (χ2n) is 16.4. The molecule has 0 radical (unpaired) electrons. The van der Waals surface area contributed by atoms with E-state index in [0.717, 1.165) is 32.2 Å². The number of carbonyl (C=O) groups is 2. The number of rotatable bonds is 12. The summed E-state index contributed by atoms with van der Waals surface area (Å²) in [6.07, 6.45) is 11.0. The summed E-state index contributed by atoms with van der Waals surface area (Å²) in [4.78, 5) is 46.0. The Balaban J connectivity index is 1.12. The molecule has 15 heteroatoms. The molecule has 2 bridgehead atoms. The summed E-state index contributed by atoms with van der Waals surface area (Å²) in [6.45, 7) is 7.34. The van der Waals surface area contributed by atoms with Crippen LogP contribution in [0, 0.1) is 29.9 Å². The van der Waals surface area contributed by atoms with E-state index in [1.807, 2.05) is 11.8 Å².